The van der Waals surface area contributed by atoms with Gasteiger partial charge in [0.1, 0.15) is 6.54 Å². The van der Waals surface area contributed by atoms with Crippen molar-refractivity contribution in [1.82, 2.24) is 20.3 Å². The summed E-state index contributed by atoms with van der Waals surface area (Å²) in [5.74, 6) is -0.727. The lowest BCUT2D eigenvalue weighted by atomic mass is 10.3. The van der Waals surface area contributed by atoms with E-state index in [1.807, 2.05) is 0 Å². The van der Waals surface area contributed by atoms with Crippen molar-refractivity contribution in [1.29, 1.82) is 0 Å². The highest BCUT2D eigenvalue weighted by Crippen LogP contribution is 2.18. The molecule has 3 N–H and O–H groups in total. The third-order valence-electron chi connectivity index (χ3n) is 2.74. The van der Waals surface area contributed by atoms with Crippen molar-refractivity contribution >= 4 is 11.9 Å². The first-order valence-corrected chi connectivity index (χ1v) is 6.24. The molecule has 0 spiro atoms. The number of hydrogen-bond donors (Lipinski definition) is 2. The molecule has 0 radical (unpaired) electrons. The van der Waals surface area contributed by atoms with Gasteiger partial charge in [0.15, 0.2) is 5.69 Å². The molecule has 1 amide bonds. The molecule has 8 heteroatoms. The smallest absolute Gasteiger partial charge is 0.360 e. The molecule has 19 heavy (non-hydrogen) atoms. The zero-order valence-corrected chi connectivity index (χ0v) is 10.8. The third kappa shape index (κ3) is 3.28. The molecule has 1 fully saturated rings. The van der Waals surface area contributed by atoms with Crippen LogP contribution in [-0.2, 0) is 22.6 Å². The van der Waals surface area contributed by atoms with Gasteiger partial charge in [0, 0.05) is 12.6 Å². The fourth-order valence-electron chi connectivity index (χ4n) is 1.66. The minimum atomic E-state index is -0.572. The second-order valence-electron chi connectivity index (χ2n) is 4.31. The van der Waals surface area contributed by atoms with Gasteiger partial charge in [0.25, 0.3) is 0 Å². The van der Waals surface area contributed by atoms with E-state index in [1.165, 1.54) is 4.68 Å². The summed E-state index contributed by atoms with van der Waals surface area (Å²) in [4.78, 5) is 23.3. The van der Waals surface area contributed by atoms with Crippen LogP contribution in [0.1, 0.15) is 35.9 Å². The molecule has 1 aliphatic rings. The molecule has 0 atom stereocenters. The number of nitrogens with two attached hydrogens (primary N) is 1. The highest BCUT2D eigenvalue weighted by molar-refractivity contribution is 5.88. The van der Waals surface area contributed by atoms with Crippen molar-refractivity contribution in [2.24, 2.45) is 5.73 Å². The summed E-state index contributed by atoms with van der Waals surface area (Å²) in [5, 5.41) is 10.3. The van der Waals surface area contributed by atoms with Crippen molar-refractivity contribution in [3.63, 3.8) is 0 Å². The van der Waals surface area contributed by atoms with Gasteiger partial charge in [-0.3, -0.25) is 4.79 Å². The van der Waals surface area contributed by atoms with E-state index in [9.17, 15) is 9.59 Å². The fourth-order valence-corrected chi connectivity index (χ4v) is 1.66. The number of carbonyl (C=O) groups is 2. The Morgan fingerprint density at radius 1 is 1.53 bits per heavy atom. The Kier molecular flexibility index (Phi) is 4.10. The van der Waals surface area contributed by atoms with Crippen LogP contribution >= 0.6 is 0 Å². The molecule has 1 heterocycles. The molecule has 1 aromatic rings. The van der Waals surface area contributed by atoms with Gasteiger partial charge < -0.3 is 15.8 Å². The molecule has 1 aliphatic carbocycles. The van der Waals surface area contributed by atoms with Crippen molar-refractivity contribution in [2.75, 3.05) is 6.61 Å². The Bertz CT molecular complexity index is 481. The van der Waals surface area contributed by atoms with Gasteiger partial charge in [-0.05, 0) is 19.8 Å². The first kappa shape index (κ1) is 13.5. The number of amides is 1. The average Bonchev–Trinajstić information content (AvgIpc) is 3.08. The van der Waals surface area contributed by atoms with Gasteiger partial charge in [-0.1, -0.05) is 5.21 Å². The quantitative estimate of drug-likeness (QED) is 0.652. The van der Waals surface area contributed by atoms with Crippen LogP contribution in [0.15, 0.2) is 0 Å². The lowest BCUT2D eigenvalue weighted by Gasteiger charge is -2.06. The van der Waals surface area contributed by atoms with E-state index in [-0.39, 0.29) is 37.3 Å². The summed E-state index contributed by atoms with van der Waals surface area (Å²) < 4.78 is 6.19. The minimum Gasteiger partial charge on any atom is -0.461 e. The minimum absolute atomic E-state index is 0.00936. The maximum Gasteiger partial charge on any atom is 0.360 e. The monoisotopic (exact) mass is 267 g/mol. The van der Waals surface area contributed by atoms with Crippen LogP contribution in [-0.4, -0.2) is 39.5 Å². The van der Waals surface area contributed by atoms with Crippen LogP contribution < -0.4 is 11.1 Å². The van der Waals surface area contributed by atoms with E-state index >= 15 is 0 Å². The Morgan fingerprint density at radius 3 is 2.84 bits per heavy atom. The second kappa shape index (κ2) is 5.79. The Labute approximate surface area is 110 Å². The summed E-state index contributed by atoms with van der Waals surface area (Å²) in [5.41, 5.74) is 6.06. The SMILES string of the molecule is CCOC(=O)c1nnn(CC(=O)NC2CC2)c1CN. The van der Waals surface area contributed by atoms with E-state index in [4.69, 9.17) is 10.5 Å². The molecule has 0 saturated heterocycles. The van der Waals surface area contributed by atoms with Crippen LogP contribution in [0.4, 0.5) is 0 Å². The van der Waals surface area contributed by atoms with Crippen LogP contribution in [0.5, 0.6) is 0 Å². The Balaban J connectivity index is 2.07. The molecule has 104 valence electrons. The molecule has 1 saturated carbocycles. The zero-order chi connectivity index (χ0) is 13.8. The highest BCUT2D eigenvalue weighted by Gasteiger charge is 2.25. The van der Waals surface area contributed by atoms with E-state index in [0.29, 0.717) is 5.69 Å². The van der Waals surface area contributed by atoms with Gasteiger partial charge >= 0.3 is 5.97 Å². The number of hydrogen-bond acceptors (Lipinski definition) is 6. The van der Waals surface area contributed by atoms with Crippen molar-refractivity contribution in [3.05, 3.63) is 11.4 Å². The first-order chi connectivity index (χ1) is 9.15. The Morgan fingerprint density at radius 2 is 2.26 bits per heavy atom. The maximum absolute atomic E-state index is 11.7. The van der Waals surface area contributed by atoms with Gasteiger partial charge in [0.05, 0.1) is 12.3 Å². The van der Waals surface area contributed by atoms with E-state index in [2.05, 4.69) is 15.6 Å². The predicted octanol–water partition coefficient (Wildman–Crippen LogP) is -0.808. The van der Waals surface area contributed by atoms with Crippen LogP contribution in [0.25, 0.3) is 0 Å². The normalized spacial score (nSPS) is 14.2. The molecule has 8 nitrogen and oxygen atoms in total. The number of esters is 1. The number of carbonyl (C=O) groups excluding carboxylic acids is 2. The number of ether oxygens (including phenoxy) is 1. The maximum atomic E-state index is 11.7. The summed E-state index contributed by atoms with van der Waals surface area (Å²) >= 11 is 0. The lowest BCUT2D eigenvalue weighted by Crippen LogP contribution is -2.30. The van der Waals surface area contributed by atoms with E-state index in [1.54, 1.807) is 6.92 Å². The van der Waals surface area contributed by atoms with Crippen molar-refractivity contribution in [2.45, 2.75) is 38.9 Å². The molecule has 0 aliphatic heterocycles. The largest absolute Gasteiger partial charge is 0.461 e. The topological polar surface area (TPSA) is 112 Å². The molecular weight excluding hydrogens is 250 g/mol. The summed E-state index contributed by atoms with van der Waals surface area (Å²) in [6, 6.07) is 0.280. The summed E-state index contributed by atoms with van der Waals surface area (Å²) in [7, 11) is 0. The van der Waals surface area contributed by atoms with Gasteiger partial charge in [-0.15, -0.1) is 5.10 Å². The van der Waals surface area contributed by atoms with Crippen LogP contribution in [0.3, 0.4) is 0 Å². The average molecular weight is 267 g/mol. The molecule has 0 bridgehead atoms. The number of nitrogens with one attached hydrogen (secondary N) is 1. The van der Waals surface area contributed by atoms with Crippen LogP contribution in [0, 0.1) is 0 Å². The number of aromatic nitrogens is 3. The molecule has 2 rings (SSSR count). The standard InChI is InChI=1S/C11H17N5O3/c1-2-19-11(18)10-8(5-12)16(15-14-10)6-9(17)13-7-3-4-7/h7H,2-6,12H2,1H3,(H,13,17). The first-order valence-electron chi connectivity index (χ1n) is 6.24. The number of nitrogens with zero attached hydrogens (tertiary/aromatic N) is 3. The van der Waals surface area contributed by atoms with Crippen molar-refractivity contribution in [3.8, 4) is 0 Å². The number of rotatable bonds is 6. The summed E-state index contributed by atoms with van der Waals surface area (Å²) in [6.45, 7) is 2.03. The second-order valence-corrected chi connectivity index (χ2v) is 4.31. The van der Waals surface area contributed by atoms with Crippen LogP contribution in [0.2, 0.25) is 0 Å². The molecule has 1 aromatic heterocycles. The Hall–Kier alpha value is -1.96. The summed E-state index contributed by atoms with van der Waals surface area (Å²) in [6.07, 6.45) is 2.03. The molecular formula is C11H17N5O3. The lowest BCUT2D eigenvalue weighted by molar-refractivity contribution is -0.122. The fraction of sp³-hybridized carbons (Fsp3) is 0.636. The third-order valence-corrected chi connectivity index (χ3v) is 2.74. The van der Waals surface area contributed by atoms with E-state index < -0.39 is 5.97 Å². The van der Waals surface area contributed by atoms with Gasteiger partial charge in [0.2, 0.25) is 5.91 Å². The van der Waals surface area contributed by atoms with Gasteiger partial charge in [-0.25, -0.2) is 9.48 Å². The molecule has 0 unspecified atom stereocenters. The molecule has 0 aromatic carbocycles. The van der Waals surface area contributed by atoms with Gasteiger partial charge in [-0.2, -0.15) is 0 Å². The highest BCUT2D eigenvalue weighted by atomic mass is 16.5. The van der Waals surface area contributed by atoms with E-state index in [0.717, 1.165) is 12.8 Å². The zero-order valence-electron chi connectivity index (χ0n) is 10.8. The predicted molar refractivity (Wildman–Crippen MR) is 65.0 cm³/mol. The van der Waals surface area contributed by atoms with Crippen molar-refractivity contribution < 1.29 is 14.3 Å².